The summed E-state index contributed by atoms with van der Waals surface area (Å²) in [6.45, 7) is 3.30. The van der Waals surface area contributed by atoms with E-state index in [9.17, 15) is 4.79 Å². The zero-order valence-corrected chi connectivity index (χ0v) is 18.0. The van der Waals surface area contributed by atoms with Crippen LogP contribution in [0.4, 0.5) is 17.3 Å². The van der Waals surface area contributed by atoms with Gasteiger partial charge in [0.15, 0.2) is 0 Å². The summed E-state index contributed by atoms with van der Waals surface area (Å²) in [7, 11) is 0. The average molecular weight is 430 g/mol. The van der Waals surface area contributed by atoms with Crippen LogP contribution >= 0.6 is 0 Å². The molecule has 2 aliphatic rings. The molecule has 1 saturated heterocycles. The molecule has 1 aliphatic carbocycles. The number of ether oxygens (including phenoxy) is 1. The van der Waals surface area contributed by atoms with E-state index in [1.807, 2.05) is 36.4 Å². The average Bonchev–Trinajstić information content (AvgIpc) is 2.80. The minimum absolute atomic E-state index is 0.0615. The third kappa shape index (κ3) is 3.91. The lowest BCUT2D eigenvalue weighted by atomic mass is 9.63. The molecule has 2 aromatic carbocycles. The smallest absolute Gasteiger partial charge is 0.235 e. The van der Waals surface area contributed by atoms with Gasteiger partial charge in [-0.1, -0.05) is 30.7 Å². The monoisotopic (exact) mass is 429 g/mol. The van der Waals surface area contributed by atoms with Gasteiger partial charge in [0.05, 0.1) is 18.6 Å². The van der Waals surface area contributed by atoms with E-state index < -0.39 is 5.41 Å². The van der Waals surface area contributed by atoms with Gasteiger partial charge in [-0.2, -0.15) is 0 Å². The quantitative estimate of drug-likeness (QED) is 0.643. The summed E-state index contributed by atoms with van der Waals surface area (Å²) < 4.78 is 5.42. The van der Waals surface area contributed by atoms with Gasteiger partial charge in [-0.25, -0.2) is 9.97 Å². The van der Waals surface area contributed by atoms with Gasteiger partial charge in [0.1, 0.15) is 0 Å². The molecule has 0 unspecified atom stereocenters. The van der Waals surface area contributed by atoms with Gasteiger partial charge in [0, 0.05) is 42.4 Å². The summed E-state index contributed by atoms with van der Waals surface area (Å²) in [5.41, 5.74) is 10.0. The molecule has 0 radical (unpaired) electrons. The zero-order valence-electron chi connectivity index (χ0n) is 18.0. The van der Waals surface area contributed by atoms with Gasteiger partial charge in [-0.3, -0.25) is 4.79 Å². The number of nitrogens with two attached hydrogens (primary N) is 1. The summed E-state index contributed by atoms with van der Waals surface area (Å²) in [4.78, 5) is 23.7. The molecule has 0 bridgehead atoms. The van der Waals surface area contributed by atoms with Crippen LogP contribution in [-0.4, -0.2) is 42.2 Å². The van der Waals surface area contributed by atoms with E-state index in [1.165, 1.54) is 0 Å². The molecule has 1 aromatic heterocycles. The molecule has 1 amide bonds. The number of nitrogens with zero attached hydrogens (tertiary/aromatic N) is 3. The Morgan fingerprint density at radius 3 is 2.19 bits per heavy atom. The number of morpholine rings is 1. The summed E-state index contributed by atoms with van der Waals surface area (Å²) in [5.74, 6) is 0.319. The van der Waals surface area contributed by atoms with Crippen molar-refractivity contribution in [2.45, 2.75) is 24.7 Å². The van der Waals surface area contributed by atoms with Gasteiger partial charge in [-0.05, 0) is 48.2 Å². The van der Waals surface area contributed by atoms with Crippen molar-refractivity contribution in [3.8, 4) is 11.1 Å². The molecule has 7 heteroatoms. The minimum atomic E-state index is -0.473. The molecule has 3 aromatic rings. The van der Waals surface area contributed by atoms with Crippen molar-refractivity contribution >= 4 is 23.2 Å². The van der Waals surface area contributed by atoms with E-state index in [1.54, 1.807) is 12.4 Å². The number of rotatable bonds is 5. The second-order valence-corrected chi connectivity index (χ2v) is 8.44. The molecule has 5 rings (SSSR count). The normalized spacial score (nSPS) is 17.4. The molecule has 0 atom stereocenters. The number of nitrogens with one attached hydrogen (secondary N) is 1. The highest BCUT2D eigenvalue weighted by Gasteiger charge is 2.45. The lowest BCUT2D eigenvalue weighted by molar-refractivity contribution is -0.124. The minimum Gasteiger partial charge on any atom is -0.378 e. The fraction of sp³-hybridized carbons (Fsp3) is 0.320. The molecule has 164 valence electrons. The third-order valence-electron chi connectivity index (χ3n) is 6.59. The predicted molar refractivity (Wildman–Crippen MR) is 126 cm³/mol. The standard InChI is InChI=1S/C25H27N5O2/c26-24-27-16-19(17-28-24)18-2-4-20(5-3-18)25(10-1-11-25)23(31)29-21-6-8-22(9-7-21)30-12-14-32-15-13-30/h2-9,16-17H,1,10-15H2,(H,29,31)(H2,26,27,28). The molecular weight excluding hydrogens is 402 g/mol. The third-order valence-corrected chi connectivity index (χ3v) is 6.59. The Bertz CT molecular complexity index is 1070. The second-order valence-electron chi connectivity index (χ2n) is 8.44. The van der Waals surface area contributed by atoms with Crippen molar-refractivity contribution < 1.29 is 9.53 Å². The number of nitrogen functional groups attached to an aromatic ring is 1. The van der Waals surface area contributed by atoms with Crippen LogP contribution in [0.3, 0.4) is 0 Å². The molecule has 7 nitrogen and oxygen atoms in total. The first-order valence-corrected chi connectivity index (χ1v) is 11.1. The van der Waals surface area contributed by atoms with Crippen molar-refractivity contribution in [1.29, 1.82) is 0 Å². The number of carbonyl (C=O) groups excluding carboxylic acids is 1. The molecule has 2 heterocycles. The maximum absolute atomic E-state index is 13.3. The largest absolute Gasteiger partial charge is 0.378 e. The van der Waals surface area contributed by atoms with Crippen LogP contribution in [0.15, 0.2) is 60.9 Å². The van der Waals surface area contributed by atoms with Crippen LogP contribution in [0.1, 0.15) is 24.8 Å². The first-order chi connectivity index (χ1) is 15.6. The van der Waals surface area contributed by atoms with E-state index in [0.29, 0.717) is 0 Å². The van der Waals surface area contributed by atoms with Crippen molar-refractivity contribution in [2.24, 2.45) is 0 Å². The predicted octanol–water partition coefficient (Wildman–Crippen LogP) is 3.62. The highest BCUT2D eigenvalue weighted by Crippen LogP contribution is 2.45. The molecule has 1 saturated carbocycles. The summed E-state index contributed by atoms with van der Waals surface area (Å²) in [5, 5.41) is 3.15. The van der Waals surface area contributed by atoms with Crippen LogP contribution in [0.5, 0.6) is 0 Å². The SMILES string of the molecule is Nc1ncc(-c2ccc(C3(C(=O)Nc4ccc(N5CCOCC5)cc4)CCC3)cc2)cn1. The first kappa shape index (κ1) is 20.5. The van der Waals surface area contributed by atoms with E-state index in [2.05, 4.69) is 32.3 Å². The van der Waals surface area contributed by atoms with E-state index in [4.69, 9.17) is 10.5 Å². The van der Waals surface area contributed by atoms with Crippen LogP contribution in [0, 0.1) is 0 Å². The molecule has 32 heavy (non-hydrogen) atoms. The molecule has 1 aliphatic heterocycles. The Morgan fingerprint density at radius 2 is 1.59 bits per heavy atom. The Balaban J connectivity index is 1.30. The number of amides is 1. The number of hydrogen-bond donors (Lipinski definition) is 2. The fourth-order valence-electron chi connectivity index (χ4n) is 4.47. The molecular formula is C25H27N5O2. The Labute approximate surface area is 187 Å². The van der Waals surface area contributed by atoms with Crippen LogP contribution in [0.25, 0.3) is 11.1 Å². The Kier molecular flexibility index (Phi) is 5.49. The summed E-state index contributed by atoms with van der Waals surface area (Å²) in [6.07, 6.45) is 6.19. The first-order valence-electron chi connectivity index (χ1n) is 11.1. The van der Waals surface area contributed by atoms with Crippen LogP contribution < -0.4 is 16.0 Å². The highest BCUT2D eigenvalue weighted by molar-refractivity contribution is 6.00. The number of hydrogen-bond acceptors (Lipinski definition) is 6. The van der Waals surface area contributed by atoms with Crippen molar-refractivity contribution in [3.05, 3.63) is 66.5 Å². The van der Waals surface area contributed by atoms with Crippen molar-refractivity contribution in [1.82, 2.24) is 9.97 Å². The zero-order chi connectivity index (χ0) is 22.0. The number of aromatic nitrogens is 2. The van der Waals surface area contributed by atoms with Gasteiger partial charge in [0.25, 0.3) is 0 Å². The summed E-state index contributed by atoms with van der Waals surface area (Å²) in [6, 6.07) is 16.2. The van der Waals surface area contributed by atoms with E-state index in [-0.39, 0.29) is 11.9 Å². The molecule has 2 fully saturated rings. The molecule has 0 spiro atoms. The van der Waals surface area contributed by atoms with Crippen molar-refractivity contribution in [3.63, 3.8) is 0 Å². The van der Waals surface area contributed by atoms with Gasteiger partial charge in [0.2, 0.25) is 11.9 Å². The van der Waals surface area contributed by atoms with Gasteiger partial charge < -0.3 is 20.7 Å². The van der Waals surface area contributed by atoms with Gasteiger partial charge in [-0.15, -0.1) is 0 Å². The highest BCUT2D eigenvalue weighted by atomic mass is 16.5. The number of carbonyl (C=O) groups is 1. The topological polar surface area (TPSA) is 93.4 Å². The van der Waals surface area contributed by atoms with E-state index in [0.717, 1.165) is 73.6 Å². The second kappa shape index (κ2) is 8.59. The van der Waals surface area contributed by atoms with E-state index >= 15 is 0 Å². The van der Waals surface area contributed by atoms with Crippen LogP contribution in [0.2, 0.25) is 0 Å². The Morgan fingerprint density at radius 1 is 0.938 bits per heavy atom. The van der Waals surface area contributed by atoms with Crippen molar-refractivity contribution in [2.75, 3.05) is 42.3 Å². The summed E-state index contributed by atoms with van der Waals surface area (Å²) >= 11 is 0. The lowest BCUT2D eigenvalue weighted by Gasteiger charge is -2.40. The lowest BCUT2D eigenvalue weighted by Crippen LogP contribution is -2.46. The maximum atomic E-state index is 13.3. The molecule has 3 N–H and O–H groups in total. The fourth-order valence-corrected chi connectivity index (χ4v) is 4.47. The maximum Gasteiger partial charge on any atom is 0.235 e. The Hall–Kier alpha value is -3.45. The van der Waals surface area contributed by atoms with Gasteiger partial charge >= 0.3 is 0 Å². The number of anilines is 3. The van der Waals surface area contributed by atoms with Crippen LogP contribution in [-0.2, 0) is 14.9 Å². The number of benzene rings is 2.